The van der Waals surface area contributed by atoms with Gasteiger partial charge in [-0.05, 0) is 66.9 Å². The molecule has 4 rings (SSSR count). The number of aromatic hydroxyl groups is 1. The molecule has 1 aliphatic rings. The van der Waals surface area contributed by atoms with Crippen LogP contribution in [0.2, 0.25) is 5.02 Å². The van der Waals surface area contributed by atoms with E-state index in [0.717, 1.165) is 11.1 Å². The highest BCUT2D eigenvalue weighted by molar-refractivity contribution is 6.46. The summed E-state index contributed by atoms with van der Waals surface area (Å²) < 4.78 is 16.2. The Morgan fingerprint density at radius 1 is 1.03 bits per heavy atom. The van der Waals surface area contributed by atoms with Crippen molar-refractivity contribution in [3.8, 4) is 23.0 Å². The molecule has 1 aliphatic heterocycles. The number of halogens is 1. The van der Waals surface area contributed by atoms with Gasteiger partial charge < -0.3 is 29.3 Å². The standard InChI is InChI=1S/C29H28ClNO7/c1-5-38-23-14-18(8-11-22(23)32)25-24(26(33)20-12-16(2)13-21(30)28(20)37-4)27(34)29(35)31(25)15-17-6-9-19(36-3)10-7-17/h6-14,25,32-33H,5,15H2,1-4H3/b26-24+. The monoisotopic (exact) mass is 537 g/mol. The van der Waals surface area contributed by atoms with Gasteiger partial charge in [-0.3, -0.25) is 9.59 Å². The first-order chi connectivity index (χ1) is 18.2. The molecule has 198 valence electrons. The van der Waals surface area contributed by atoms with E-state index in [1.807, 2.05) is 0 Å². The molecule has 9 heteroatoms. The van der Waals surface area contributed by atoms with Crippen molar-refractivity contribution in [1.29, 1.82) is 0 Å². The summed E-state index contributed by atoms with van der Waals surface area (Å²) in [6.07, 6.45) is 0. The molecule has 0 aliphatic carbocycles. The summed E-state index contributed by atoms with van der Waals surface area (Å²) in [4.78, 5) is 28.2. The number of rotatable bonds is 8. The number of aliphatic hydroxyl groups excluding tert-OH is 1. The van der Waals surface area contributed by atoms with Gasteiger partial charge in [0.2, 0.25) is 0 Å². The van der Waals surface area contributed by atoms with Crippen molar-refractivity contribution in [2.75, 3.05) is 20.8 Å². The number of ether oxygens (including phenoxy) is 3. The smallest absolute Gasteiger partial charge is 0.295 e. The van der Waals surface area contributed by atoms with E-state index in [9.17, 15) is 19.8 Å². The maximum atomic E-state index is 13.5. The third kappa shape index (κ3) is 4.99. The number of likely N-dealkylation sites (tertiary alicyclic amines) is 1. The van der Waals surface area contributed by atoms with Crippen LogP contribution in [-0.4, -0.2) is 47.6 Å². The fourth-order valence-corrected chi connectivity index (χ4v) is 4.90. The van der Waals surface area contributed by atoms with E-state index < -0.39 is 23.5 Å². The number of aryl methyl sites for hydroxylation is 1. The zero-order chi connectivity index (χ0) is 27.6. The second-order valence-electron chi connectivity index (χ2n) is 8.76. The van der Waals surface area contributed by atoms with Crippen molar-refractivity contribution in [2.24, 2.45) is 0 Å². The molecule has 1 heterocycles. The number of methoxy groups -OCH3 is 2. The van der Waals surface area contributed by atoms with Gasteiger partial charge >= 0.3 is 0 Å². The molecule has 1 amide bonds. The summed E-state index contributed by atoms with van der Waals surface area (Å²) in [5.41, 5.74) is 2.01. The minimum absolute atomic E-state index is 0.0760. The van der Waals surface area contributed by atoms with E-state index in [-0.39, 0.29) is 40.0 Å². The van der Waals surface area contributed by atoms with Gasteiger partial charge in [0.05, 0.1) is 43.0 Å². The van der Waals surface area contributed by atoms with E-state index in [1.54, 1.807) is 69.5 Å². The van der Waals surface area contributed by atoms with E-state index >= 15 is 0 Å². The van der Waals surface area contributed by atoms with E-state index in [4.69, 9.17) is 25.8 Å². The number of phenols is 1. The molecule has 2 N–H and O–H groups in total. The number of carbonyl (C=O) groups is 2. The van der Waals surface area contributed by atoms with Gasteiger partial charge in [-0.1, -0.05) is 29.8 Å². The predicted molar refractivity (Wildman–Crippen MR) is 143 cm³/mol. The topological polar surface area (TPSA) is 106 Å². The second kappa shape index (κ2) is 11.1. The zero-order valence-electron chi connectivity index (χ0n) is 21.4. The van der Waals surface area contributed by atoms with Crippen LogP contribution in [0.4, 0.5) is 0 Å². The van der Waals surface area contributed by atoms with Crippen molar-refractivity contribution in [3.63, 3.8) is 0 Å². The minimum atomic E-state index is -0.985. The predicted octanol–water partition coefficient (Wildman–Crippen LogP) is 5.39. The van der Waals surface area contributed by atoms with Crippen molar-refractivity contribution in [3.05, 3.63) is 87.4 Å². The summed E-state index contributed by atoms with van der Waals surface area (Å²) in [7, 11) is 2.96. The first-order valence-electron chi connectivity index (χ1n) is 11.9. The van der Waals surface area contributed by atoms with Crippen LogP contribution in [-0.2, 0) is 16.1 Å². The van der Waals surface area contributed by atoms with E-state index in [1.165, 1.54) is 18.1 Å². The van der Waals surface area contributed by atoms with Crippen LogP contribution in [0.15, 0.2) is 60.2 Å². The number of aliphatic hydroxyl groups is 1. The Morgan fingerprint density at radius 2 is 1.74 bits per heavy atom. The number of hydrogen-bond acceptors (Lipinski definition) is 7. The van der Waals surface area contributed by atoms with Gasteiger partial charge in [0.1, 0.15) is 17.3 Å². The molecule has 38 heavy (non-hydrogen) atoms. The number of benzene rings is 3. The third-order valence-electron chi connectivity index (χ3n) is 6.30. The molecular formula is C29H28ClNO7. The molecule has 1 fully saturated rings. The lowest BCUT2D eigenvalue weighted by atomic mass is 9.94. The summed E-state index contributed by atoms with van der Waals surface area (Å²) >= 11 is 6.36. The van der Waals surface area contributed by atoms with Crippen molar-refractivity contribution in [1.82, 2.24) is 4.90 Å². The molecule has 0 aromatic heterocycles. The normalized spacial score (nSPS) is 16.6. The Bertz CT molecular complexity index is 1420. The second-order valence-corrected chi connectivity index (χ2v) is 9.17. The summed E-state index contributed by atoms with van der Waals surface area (Å²) in [6, 6.07) is 14.0. The molecule has 3 aromatic carbocycles. The van der Waals surface area contributed by atoms with Crippen molar-refractivity contribution in [2.45, 2.75) is 26.4 Å². The highest BCUT2D eigenvalue weighted by atomic mass is 35.5. The molecule has 8 nitrogen and oxygen atoms in total. The maximum Gasteiger partial charge on any atom is 0.295 e. The van der Waals surface area contributed by atoms with Crippen LogP contribution >= 0.6 is 11.6 Å². The lowest BCUT2D eigenvalue weighted by Crippen LogP contribution is -2.29. The minimum Gasteiger partial charge on any atom is -0.507 e. The molecule has 1 atom stereocenters. The molecule has 0 saturated carbocycles. The van der Waals surface area contributed by atoms with Gasteiger partial charge in [0.25, 0.3) is 11.7 Å². The Balaban J connectivity index is 1.93. The van der Waals surface area contributed by atoms with Crippen molar-refractivity contribution >= 4 is 29.1 Å². The van der Waals surface area contributed by atoms with Crippen LogP contribution in [0.25, 0.3) is 5.76 Å². The fourth-order valence-electron chi connectivity index (χ4n) is 4.55. The number of Topliss-reactive ketones (excluding diaryl/α,β-unsaturated/α-hetero) is 1. The number of carbonyl (C=O) groups excluding carboxylic acids is 2. The Hall–Kier alpha value is -4.17. The molecule has 0 spiro atoms. The number of hydrogen-bond donors (Lipinski definition) is 2. The van der Waals surface area contributed by atoms with Crippen LogP contribution in [0.3, 0.4) is 0 Å². The Kier molecular flexibility index (Phi) is 7.83. The van der Waals surface area contributed by atoms with Gasteiger partial charge in [0.15, 0.2) is 11.5 Å². The molecule has 0 radical (unpaired) electrons. The Labute approximate surface area is 225 Å². The molecule has 1 saturated heterocycles. The molecule has 3 aromatic rings. The summed E-state index contributed by atoms with van der Waals surface area (Å²) in [6.45, 7) is 3.93. The summed E-state index contributed by atoms with van der Waals surface area (Å²) in [5, 5.41) is 22.0. The SMILES string of the molecule is CCOc1cc(C2/C(=C(\O)c3cc(C)cc(Cl)c3OC)C(=O)C(=O)N2Cc2ccc(OC)cc2)ccc1O. The van der Waals surface area contributed by atoms with Gasteiger partial charge in [-0.15, -0.1) is 0 Å². The molecular weight excluding hydrogens is 510 g/mol. The van der Waals surface area contributed by atoms with E-state index in [2.05, 4.69) is 0 Å². The van der Waals surface area contributed by atoms with E-state index in [0.29, 0.717) is 17.9 Å². The van der Waals surface area contributed by atoms with Gasteiger partial charge in [-0.2, -0.15) is 0 Å². The highest BCUT2D eigenvalue weighted by Gasteiger charge is 2.46. The first-order valence-corrected chi connectivity index (χ1v) is 12.3. The zero-order valence-corrected chi connectivity index (χ0v) is 22.2. The van der Waals surface area contributed by atoms with Crippen LogP contribution in [0.1, 0.15) is 35.2 Å². The highest BCUT2D eigenvalue weighted by Crippen LogP contribution is 2.44. The molecule has 1 unspecified atom stereocenters. The number of phenolic OH excluding ortho intramolecular Hbond substituents is 1. The average Bonchev–Trinajstić information content (AvgIpc) is 3.14. The van der Waals surface area contributed by atoms with Crippen LogP contribution in [0, 0.1) is 6.92 Å². The molecule has 0 bridgehead atoms. The van der Waals surface area contributed by atoms with Gasteiger partial charge in [-0.25, -0.2) is 0 Å². The fraction of sp³-hybridized carbons (Fsp3) is 0.241. The van der Waals surface area contributed by atoms with Crippen LogP contribution in [0.5, 0.6) is 23.0 Å². The number of amides is 1. The first kappa shape index (κ1) is 26.9. The quantitative estimate of drug-likeness (QED) is 0.225. The van der Waals surface area contributed by atoms with Crippen LogP contribution < -0.4 is 14.2 Å². The number of nitrogens with zero attached hydrogens (tertiary/aromatic N) is 1. The van der Waals surface area contributed by atoms with Gasteiger partial charge in [0, 0.05) is 6.54 Å². The average molecular weight is 538 g/mol. The number of ketones is 1. The Morgan fingerprint density at radius 3 is 2.37 bits per heavy atom. The maximum absolute atomic E-state index is 13.5. The lowest BCUT2D eigenvalue weighted by Gasteiger charge is -2.26. The third-order valence-corrected chi connectivity index (χ3v) is 6.58. The van der Waals surface area contributed by atoms with Crippen molar-refractivity contribution < 1.29 is 34.0 Å². The summed E-state index contributed by atoms with van der Waals surface area (Å²) in [5.74, 6) is -1.13. The lowest BCUT2D eigenvalue weighted by molar-refractivity contribution is -0.140. The largest absolute Gasteiger partial charge is 0.507 e.